The average molecular weight is 271 g/mol. The maximum absolute atomic E-state index is 7.25. The van der Waals surface area contributed by atoms with E-state index in [1.807, 2.05) is 31.0 Å². The summed E-state index contributed by atoms with van der Waals surface area (Å²) in [4.78, 5) is 6.28. The van der Waals surface area contributed by atoms with E-state index in [1.54, 1.807) is 6.20 Å². The number of nitrogens with zero attached hydrogens (tertiary/aromatic N) is 2. The number of aromatic nitrogens is 1. The van der Waals surface area contributed by atoms with E-state index < -0.39 is 0 Å². The second-order valence-electron chi connectivity index (χ2n) is 3.50. The predicted molar refractivity (Wildman–Crippen MR) is 66.3 cm³/mol. The van der Waals surface area contributed by atoms with Gasteiger partial charge in [-0.3, -0.25) is 5.41 Å². The van der Waals surface area contributed by atoms with Crippen molar-refractivity contribution in [1.29, 1.82) is 5.41 Å². The molecule has 0 amide bonds. The molecule has 0 aliphatic heterocycles. The van der Waals surface area contributed by atoms with Crippen molar-refractivity contribution >= 4 is 27.6 Å². The van der Waals surface area contributed by atoms with Crippen LogP contribution in [0.4, 0.5) is 5.82 Å². The molecule has 1 aromatic rings. The van der Waals surface area contributed by atoms with Crippen LogP contribution in [0.1, 0.15) is 13.3 Å². The van der Waals surface area contributed by atoms with Gasteiger partial charge in [0.1, 0.15) is 5.82 Å². The van der Waals surface area contributed by atoms with Crippen molar-refractivity contribution in [2.45, 2.75) is 19.4 Å². The van der Waals surface area contributed by atoms with Crippen molar-refractivity contribution in [3.05, 3.63) is 22.8 Å². The van der Waals surface area contributed by atoms with E-state index >= 15 is 0 Å². The van der Waals surface area contributed by atoms with Crippen molar-refractivity contribution in [2.75, 3.05) is 11.9 Å². The zero-order valence-corrected chi connectivity index (χ0v) is 10.5. The fourth-order valence-corrected chi connectivity index (χ4v) is 1.84. The standard InChI is InChI=1S/C10H15BrN4/c1-7(6-9(12)13)15(2)10-8(11)4-3-5-14-10/h3-5,7H,6H2,1-2H3,(H3,12,13). The van der Waals surface area contributed by atoms with Crippen LogP contribution < -0.4 is 10.6 Å². The lowest BCUT2D eigenvalue weighted by molar-refractivity contribution is 0.698. The molecule has 1 rings (SSSR count). The Kier molecular flexibility index (Phi) is 4.08. The van der Waals surface area contributed by atoms with Gasteiger partial charge in [-0.2, -0.15) is 0 Å². The molecule has 0 aliphatic carbocycles. The van der Waals surface area contributed by atoms with Crippen LogP contribution in [0.15, 0.2) is 22.8 Å². The van der Waals surface area contributed by atoms with Crippen LogP contribution in [0.2, 0.25) is 0 Å². The van der Waals surface area contributed by atoms with E-state index in [2.05, 4.69) is 20.9 Å². The highest BCUT2D eigenvalue weighted by Crippen LogP contribution is 2.23. The van der Waals surface area contributed by atoms with Gasteiger partial charge in [0.05, 0.1) is 10.3 Å². The molecular weight excluding hydrogens is 256 g/mol. The number of nitrogens with two attached hydrogens (primary N) is 1. The number of anilines is 1. The lowest BCUT2D eigenvalue weighted by atomic mass is 10.2. The Labute approximate surface area is 98.1 Å². The van der Waals surface area contributed by atoms with E-state index in [0.29, 0.717) is 6.42 Å². The number of pyridine rings is 1. The molecule has 1 unspecified atom stereocenters. The van der Waals surface area contributed by atoms with Gasteiger partial charge in [-0.1, -0.05) is 0 Å². The second kappa shape index (κ2) is 5.11. The number of hydrogen-bond donors (Lipinski definition) is 2. The van der Waals surface area contributed by atoms with E-state index in [4.69, 9.17) is 11.1 Å². The Morgan fingerprint density at radius 1 is 1.73 bits per heavy atom. The maximum atomic E-state index is 7.25. The first-order valence-corrected chi connectivity index (χ1v) is 5.48. The van der Waals surface area contributed by atoms with E-state index in [0.717, 1.165) is 10.3 Å². The maximum Gasteiger partial charge on any atom is 0.142 e. The fourth-order valence-electron chi connectivity index (χ4n) is 1.30. The Balaban J connectivity index is 2.80. The summed E-state index contributed by atoms with van der Waals surface area (Å²) in [5.74, 6) is 1.06. The van der Waals surface area contributed by atoms with Gasteiger partial charge >= 0.3 is 0 Å². The van der Waals surface area contributed by atoms with Crippen LogP contribution >= 0.6 is 15.9 Å². The summed E-state index contributed by atoms with van der Waals surface area (Å²) in [6, 6.07) is 3.98. The van der Waals surface area contributed by atoms with Gasteiger partial charge in [-0.05, 0) is 35.0 Å². The molecule has 0 fully saturated rings. The predicted octanol–water partition coefficient (Wildman–Crippen LogP) is 1.99. The Morgan fingerprint density at radius 3 is 2.93 bits per heavy atom. The number of amidine groups is 1. The minimum absolute atomic E-state index is 0.161. The van der Waals surface area contributed by atoms with Crippen molar-refractivity contribution < 1.29 is 0 Å². The molecule has 5 heteroatoms. The first kappa shape index (κ1) is 12.0. The molecule has 0 spiro atoms. The highest BCUT2D eigenvalue weighted by molar-refractivity contribution is 9.10. The number of nitrogens with one attached hydrogen (secondary N) is 1. The normalized spacial score (nSPS) is 12.2. The number of halogens is 1. The van der Waals surface area contributed by atoms with Gasteiger partial charge in [0.25, 0.3) is 0 Å². The second-order valence-corrected chi connectivity index (χ2v) is 4.35. The van der Waals surface area contributed by atoms with Gasteiger partial charge in [0.15, 0.2) is 0 Å². The molecule has 0 saturated carbocycles. The zero-order valence-electron chi connectivity index (χ0n) is 8.87. The minimum atomic E-state index is 0.161. The third-order valence-electron chi connectivity index (χ3n) is 2.25. The first-order chi connectivity index (χ1) is 7.02. The molecule has 3 N–H and O–H groups in total. The number of hydrogen-bond acceptors (Lipinski definition) is 3. The Bertz CT molecular complexity index is 353. The highest BCUT2D eigenvalue weighted by Gasteiger charge is 2.14. The molecular formula is C10H15BrN4. The highest BCUT2D eigenvalue weighted by atomic mass is 79.9. The molecule has 4 nitrogen and oxygen atoms in total. The minimum Gasteiger partial charge on any atom is -0.388 e. The Morgan fingerprint density at radius 2 is 2.40 bits per heavy atom. The monoisotopic (exact) mass is 270 g/mol. The molecule has 82 valence electrons. The molecule has 0 aliphatic rings. The van der Waals surface area contributed by atoms with Crippen molar-refractivity contribution in [3.8, 4) is 0 Å². The SMILES string of the molecule is CC(CC(=N)N)N(C)c1ncccc1Br. The van der Waals surface area contributed by atoms with Crippen LogP contribution in [-0.4, -0.2) is 23.9 Å². The molecule has 0 radical (unpaired) electrons. The van der Waals surface area contributed by atoms with Gasteiger partial charge < -0.3 is 10.6 Å². The number of rotatable bonds is 4. The summed E-state index contributed by atoms with van der Waals surface area (Å²) < 4.78 is 0.947. The molecule has 0 bridgehead atoms. The molecule has 0 aromatic carbocycles. The largest absolute Gasteiger partial charge is 0.388 e. The van der Waals surface area contributed by atoms with Gasteiger partial charge in [0, 0.05) is 25.7 Å². The van der Waals surface area contributed by atoms with Crippen LogP contribution in [-0.2, 0) is 0 Å². The molecule has 1 atom stereocenters. The zero-order chi connectivity index (χ0) is 11.4. The summed E-state index contributed by atoms with van der Waals surface area (Å²) >= 11 is 3.44. The van der Waals surface area contributed by atoms with Gasteiger partial charge in [-0.25, -0.2) is 4.98 Å². The summed E-state index contributed by atoms with van der Waals surface area (Å²) in [6.45, 7) is 2.02. The summed E-state index contributed by atoms with van der Waals surface area (Å²) in [5.41, 5.74) is 5.37. The summed E-state index contributed by atoms with van der Waals surface area (Å²) in [5, 5.41) is 7.25. The molecule has 1 heterocycles. The lowest BCUT2D eigenvalue weighted by Gasteiger charge is -2.26. The Hall–Kier alpha value is -1.10. The molecule has 0 saturated heterocycles. The van der Waals surface area contributed by atoms with Crippen molar-refractivity contribution in [3.63, 3.8) is 0 Å². The van der Waals surface area contributed by atoms with Crippen molar-refractivity contribution in [2.24, 2.45) is 5.73 Å². The lowest BCUT2D eigenvalue weighted by Crippen LogP contribution is -2.33. The van der Waals surface area contributed by atoms with E-state index in [9.17, 15) is 0 Å². The van der Waals surface area contributed by atoms with Crippen LogP contribution in [0, 0.1) is 5.41 Å². The average Bonchev–Trinajstić information content (AvgIpc) is 2.16. The van der Waals surface area contributed by atoms with Gasteiger partial charge in [-0.15, -0.1) is 0 Å². The molecule has 15 heavy (non-hydrogen) atoms. The van der Waals surface area contributed by atoms with Crippen LogP contribution in [0.25, 0.3) is 0 Å². The third-order valence-corrected chi connectivity index (χ3v) is 2.87. The van der Waals surface area contributed by atoms with Crippen molar-refractivity contribution in [1.82, 2.24) is 4.98 Å². The topological polar surface area (TPSA) is 66.0 Å². The summed E-state index contributed by atoms with van der Waals surface area (Å²) in [6.07, 6.45) is 2.29. The summed E-state index contributed by atoms with van der Waals surface area (Å²) in [7, 11) is 1.95. The first-order valence-electron chi connectivity index (χ1n) is 4.68. The quantitative estimate of drug-likeness (QED) is 0.650. The van der Waals surface area contributed by atoms with Gasteiger partial charge in [0.2, 0.25) is 0 Å². The fraction of sp³-hybridized carbons (Fsp3) is 0.400. The van der Waals surface area contributed by atoms with Crippen LogP contribution in [0.5, 0.6) is 0 Å². The van der Waals surface area contributed by atoms with Crippen LogP contribution in [0.3, 0.4) is 0 Å². The van der Waals surface area contributed by atoms with E-state index in [1.165, 1.54) is 0 Å². The molecule has 1 aromatic heterocycles. The smallest absolute Gasteiger partial charge is 0.142 e. The van der Waals surface area contributed by atoms with E-state index in [-0.39, 0.29) is 11.9 Å². The third kappa shape index (κ3) is 3.20.